The number of carbonyl (C=O) groups is 1. The zero-order chi connectivity index (χ0) is 11.8. The predicted molar refractivity (Wildman–Crippen MR) is 65.1 cm³/mol. The van der Waals surface area contributed by atoms with Gasteiger partial charge in [-0.15, -0.1) is 0 Å². The molecule has 2 atom stereocenters. The summed E-state index contributed by atoms with van der Waals surface area (Å²) in [6.45, 7) is 2.35. The Hall–Kier alpha value is -0.570. The normalized spacial score (nSPS) is 25.4. The van der Waals surface area contributed by atoms with E-state index < -0.39 is 0 Å². The van der Waals surface area contributed by atoms with Crippen LogP contribution >= 0.6 is 0 Å². The molecule has 16 heavy (non-hydrogen) atoms. The lowest BCUT2D eigenvalue weighted by Gasteiger charge is -2.30. The summed E-state index contributed by atoms with van der Waals surface area (Å²) in [5, 5.41) is 12.3. The van der Waals surface area contributed by atoms with E-state index in [1.807, 2.05) is 0 Å². The van der Waals surface area contributed by atoms with Crippen LogP contribution in [0.15, 0.2) is 0 Å². The van der Waals surface area contributed by atoms with Gasteiger partial charge in [-0.3, -0.25) is 4.79 Å². The zero-order valence-electron chi connectivity index (χ0n) is 10.4. The van der Waals surface area contributed by atoms with Crippen LogP contribution in [-0.2, 0) is 4.79 Å². The molecule has 1 aliphatic rings. The quantitative estimate of drug-likeness (QED) is 0.684. The van der Waals surface area contributed by atoms with Gasteiger partial charge in [0.2, 0.25) is 5.91 Å². The van der Waals surface area contributed by atoms with Crippen LogP contribution in [0.5, 0.6) is 0 Å². The summed E-state index contributed by atoms with van der Waals surface area (Å²) >= 11 is 0. The largest absolute Gasteiger partial charge is 0.396 e. The topological polar surface area (TPSA) is 49.3 Å². The maximum atomic E-state index is 11.7. The van der Waals surface area contributed by atoms with Crippen molar-refractivity contribution in [3.05, 3.63) is 0 Å². The highest BCUT2D eigenvalue weighted by Gasteiger charge is 2.25. The lowest BCUT2D eigenvalue weighted by molar-refractivity contribution is -0.122. The summed E-state index contributed by atoms with van der Waals surface area (Å²) in [6.07, 6.45) is 8.35. The number of rotatable bonds is 6. The first-order chi connectivity index (χ1) is 7.77. The summed E-state index contributed by atoms with van der Waals surface area (Å²) in [5.41, 5.74) is 0. The highest BCUT2D eigenvalue weighted by Crippen LogP contribution is 2.24. The third-order valence-electron chi connectivity index (χ3n) is 3.50. The molecule has 94 valence electrons. The smallest absolute Gasteiger partial charge is 0.220 e. The second-order valence-corrected chi connectivity index (χ2v) is 4.86. The third-order valence-corrected chi connectivity index (χ3v) is 3.50. The van der Waals surface area contributed by atoms with E-state index in [0.717, 1.165) is 32.1 Å². The summed E-state index contributed by atoms with van der Waals surface area (Å²) < 4.78 is 0. The Morgan fingerprint density at radius 3 is 2.75 bits per heavy atom. The Morgan fingerprint density at radius 1 is 1.31 bits per heavy atom. The Morgan fingerprint density at radius 2 is 2.06 bits per heavy atom. The summed E-state index contributed by atoms with van der Waals surface area (Å²) in [6, 6.07) is 0.216. The molecule has 1 amide bonds. The number of unbranched alkanes of at least 4 members (excludes halogenated alkanes) is 2. The minimum Gasteiger partial charge on any atom is -0.396 e. The fourth-order valence-electron chi connectivity index (χ4n) is 2.43. The Kier molecular flexibility index (Phi) is 6.46. The molecular weight excluding hydrogens is 202 g/mol. The Labute approximate surface area is 98.6 Å². The number of hydrogen-bond acceptors (Lipinski definition) is 2. The molecule has 1 aliphatic carbocycles. The second-order valence-electron chi connectivity index (χ2n) is 4.86. The molecule has 0 spiro atoms. The molecule has 0 aliphatic heterocycles. The molecule has 1 fully saturated rings. The first-order valence-corrected chi connectivity index (χ1v) is 6.68. The molecule has 0 bridgehead atoms. The van der Waals surface area contributed by atoms with E-state index in [4.69, 9.17) is 0 Å². The second kappa shape index (κ2) is 7.66. The van der Waals surface area contributed by atoms with Crippen LogP contribution in [0, 0.1) is 5.92 Å². The van der Waals surface area contributed by atoms with E-state index >= 15 is 0 Å². The van der Waals surface area contributed by atoms with E-state index in [9.17, 15) is 9.90 Å². The average molecular weight is 227 g/mol. The Bertz CT molecular complexity index is 206. The maximum absolute atomic E-state index is 11.7. The van der Waals surface area contributed by atoms with E-state index in [-0.39, 0.29) is 24.5 Å². The molecule has 2 N–H and O–H groups in total. The van der Waals surface area contributed by atoms with E-state index in [0.29, 0.717) is 6.42 Å². The van der Waals surface area contributed by atoms with Gasteiger partial charge in [0.15, 0.2) is 0 Å². The number of aliphatic hydroxyl groups excluding tert-OH is 1. The van der Waals surface area contributed by atoms with Crippen LogP contribution in [0.2, 0.25) is 0 Å². The van der Waals surface area contributed by atoms with Crippen molar-refractivity contribution in [1.29, 1.82) is 0 Å². The molecule has 0 aromatic carbocycles. The SMILES string of the molecule is CCCCCC(=O)NC1CCCCC1CO. The van der Waals surface area contributed by atoms with Crippen molar-refractivity contribution in [3.63, 3.8) is 0 Å². The van der Waals surface area contributed by atoms with Gasteiger partial charge >= 0.3 is 0 Å². The molecule has 0 heterocycles. The highest BCUT2D eigenvalue weighted by atomic mass is 16.3. The zero-order valence-corrected chi connectivity index (χ0v) is 10.4. The van der Waals surface area contributed by atoms with E-state index in [1.165, 1.54) is 12.8 Å². The monoisotopic (exact) mass is 227 g/mol. The lowest BCUT2D eigenvalue weighted by Crippen LogP contribution is -2.43. The number of aliphatic hydroxyl groups is 1. The van der Waals surface area contributed by atoms with Crippen molar-refractivity contribution >= 4 is 5.91 Å². The van der Waals surface area contributed by atoms with Crippen LogP contribution < -0.4 is 5.32 Å². The van der Waals surface area contributed by atoms with Crippen molar-refractivity contribution in [2.45, 2.75) is 64.3 Å². The summed E-state index contributed by atoms with van der Waals surface area (Å²) in [4.78, 5) is 11.7. The molecule has 0 aromatic heterocycles. The number of amides is 1. The first kappa shape index (κ1) is 13.5. The number of nitrogens with one attached hydrogen (secondary N) is 1. The summed E-state index contributed by atoms with van der Waals surface area (Å²) in [7, 11) is 0. The molecule has 0 aromatic rings. The first-order valence-electron chi connectivity index (χ1n) is 6.68. The van der Waals surface area contributed by atoms with Gasteiger partial charge in [-0.25, -0.2) is 0 Å². The molecule has 3 nitrogen and oxygen atoms in total. The Balaban J connectivity index is 2.25. The molecule has 3 heteroatoms. The molecular formula is C13H25NO2. The summed E-state index contributed by atoms with van der Waals surface area (Å²) in [5.74, 6) is 0.447. The van der Waals surface area contributed by atoms with Crippen molar-refractivity contribution in [1.82, 2.24) is 5.32 Å². The van der Waals surface area contributed by atoms with Gasteiger partial charge in [-0.2, -0.15) is 0 Å². The van der Waals surface area contributed by atoms with Gasteiger partial charge in [-0.1, -0.05) is 32.6 Å². The van der Waals surface area contributed by atoms with Gasteiger partial charge in [0.05, 0.1) is 0 Å². The van der Waals surface area contributed by atoms with Crippen molar-refractivity contribution in [2.75, 3.05) is 6.61 Å². The van der Waals surface area contributed by atoms with Crippen molar-refractivity contribution in [2.24, 2.45) is 5.92 Å². The standard InChI is InChI=1S/C13H25NO2/c1-2-3-4-9-13(16)14-12-8-6-5-7-11(12)10-15/h11-12,15H,2-10H2,1H3,(H,14,16). The number of carbonyl (C=O) groups excluding carboxylic acids is 1. The predicted octanol–water partition coefficient (Wildman–Crippen LogP) is 2.23. The van der Waals surface area contributed by atoms with Gasteiger partial charge in [0.1, 0.15) is 0 Å². The van der Waals surface area contributed by atoms with E-state index in [1.54, 1.807) is 0 Å². The van der Waals surface area contributed by atoms with E-state index in [2.05, 4.69) is 12.2 Å². The number of hydrogen-bond donors (Lipinski definition) is 2. The van der Waals surface area contributed by atoms with Gasteiger partial charge < -0.3 is 10.4 Å². The van der Waals surface area contributed by atoms with Gasteiger partial charge in [0.25, 0.3) is 0 Å². The minimum atomic E-state index is 0.166. The van der Waals surface area contributed by atoms with Crippen LogP contribution in [0.3, 0.4) is 0 Å². The molecule has 1 saturated carbocycles. The highest BCUT2D eigenvalue weighted by molar-refractivity contribution is 5.76. The lowest BCUT2D eigenvalue weighted by atomic mass is 9.85. The molecule has 2 unspecified atom stereocenters. The average Bonchev–Trinajstić information content (AvgIpc) is 2.30. The van der Waals surface area contributed by atoms with Gasteiger partial charge in [-0.05, 0) is 19.3 Å². The fourth-order valence-corrected chi connectivity index (χ4v) is 2.43. The third kappa shape index (κ3) is 4.52. The fraction of sp³-hybridized carbons (Fsp3) is 0.923. The van der Waals surface area contributed by atoms with Gasteiger partial charge in [0, 0.05) is 25.0 Å². The van der Waals surface area contributed by atoms with Crippen LogP contribution in [0.1, 0.15) is 58.3 Å². The molecule has 0 radical (unpaired) electrons. The minimum absolute atomic E-state index is 0.166. The van der Waals surface area contributed by atoms with Crippen LogP contribution in [0.4, 0.5) is 0 Å². The van der Waals surface area contributed by atoms with Crippen molar-refractivity contribution < 1.29 is 9.90 Å². The molecule has 0 saturated heterocycles. The van der Waals surface area contributed by atoms with Crippen LogP contribution in [0.25, 0.3) is 0 Å². The maximum Gasteiger partial charge on any atom is 0.220 e. The van der Waals surface area contributed by atoms with Crippen LogP contribution in [-0.4, -0.2) is 23.7 Å². The molecule has 1 rings (SSSR count). The van der Waals surface area contributed by atoms with Crippen molar-refractivity contribution in [3.8, 4) is 0 Å².